The van der Waals surface area contributed by atoms with Gasteiger partial charge in [0.1, 0.15) is 5.69 Å². The first-order chi connectivity index (χ1) is 14.2. The second-order valence-electron chi connectivity index (χ2n) is 6.39. The number of ketones is 1. The summed E-state index contributed by atoms with van der Waals surface area (Å²) in [5, 5.41) is 1.36. The van der Waals surface area contributed by atoms with Gasteiger partial charge in [0, 0.05) is 17.1 Å². The van der Waals surface area contributed by atoms with Gasteiger partial charge in [0.25, 0.3) is 0 Å². The molecule has 146 valence electrons. The largest absolute Gasteiger partial charge is 0.462 e. The van der Waals surface area contributed by atoms with Gasteiger partial charge in [-0.2, -0.15) is 0 Å². The summed E-state index contributed by atoms with van der Waals surface area (Å²) in [7, 11) is 0. The van der Waals surface area contributed by atoms with Crippen LogP contribution in [0, 0.1) is 0 Å². The zero-order valence-electron chi connectivity index (χ0n) is 15.4. The van der Waals surface area contributed by atoms with Crippen LogP contribution in [0.2, 0.25) is 0 Å². The Kier molecular flexibility index (Phi) is 3.97. The summed E-state index contributed by atoms with van der Waals surface area (Å²) in [6, 6.07) is 8.24. The fourth-order valence-corrected chi connectivity index (χ4v) is 3.38. The molecule has 8 heteroatoms. The first-order valence-corrected chi connectivity index (χ1v) is 8.99. The summed E-state index contributed by atoms with van der Waals surface area (Å²) in [5.41, 5.74) is 0.413. The summed E-state index contributed by atoms with van der Waals surface area (Å²) in [6.07, 6.45) is 1.54. The molecule has 0 radical (unpaired) electrons. The van der Waals surface area contributed by atoms with Gasteiger partial charge in [-0.25, -0.2) is 4.79 Å². The maximum absolute atomic E-state index is 13.5. The number of aromatic nitrogens is 1. The summed E-state index contributed by atoms with van der Waals surface area (Å²) in [4.78, 5) is 30.2. The van der Waals surface area contributed by atoms with Crippen molar-refractivity contribution in [3.05, 3.63) is 53.3 Å². The minimum Gasteiger partial charge on any atom is -0.462 e. The molecule has 0 atom stereocenters. The van der Waals surface area contributed by atoms with Crippen LogP contribution < -0.4 is 18.9 Å². The van der Waals surface area contributed by atoms with Crippen molar-refractivity contribution < 1.29 is 33.3 Å². The summed E-state index contributed by atoms with van der Waals surface area (Å²) >= 11 is 0. The van der Waals surface area contributed by atoms with Gasteiger partial charge in [0.05, 0.1) is 12.2 Å². The predicted molar refractivity (Wildman–Crippen MR) is 99.8 cm³/mol. The molecular formula is C21H15NO7. The quantitative estimate of drug-likeness (QED) is 0.493. The van der Waals surface area contributed by atoms with E-state index in [0.717, 1.165) is 5.39 Å². The van der Waals surface area contributed by atoms with E-state index >= 15 is 0 Å². The smallest absolute Gasteiger partial charge is 0.339 e. The predicted octanol–water partition coefficient (Wildman–Crippen LogP) is 3.10. The Balaban J connectivity index is 1.67. The number of benzene rings is 2. The average Bonchev–Trinajstić information content (AvgIpc) is 3.38. The third kappa shape index (κ3) is 2.80. The lowest BCUT2D eigenvalue weighted by Crippen LogP contribution is -2.14. The number of esters is 1. The molecule has 2 aromatic carbocycles. The minimum atomic E-state index is -0.619. The van der Waals surface area contributed by atoms with E-state index in [1.165, 1.54) is 18.3 Å². The Hall–Kier alpha value is -3.81. The zero-order chi connectivity index (χ0) is 20.0. The number of carbonyl (C=O) groups is 2. The van der Waals surface area contributed by atoms with E-state index < -0.39 is 11.8 Å². The highest BCUT2D eigenvalue weighted by atomic mass is 16.7. The van der Waals surface area contributed by atoms with E-state index in [-0.39, 0.29) is 37.0 Å². The maximum Gasteiger partial charge on any atom is 0.339 e. The lowest BCUT2D eigenvalue weighted by Gasteiger charge is -2.11. The molecule has 0 saturated carbocycles. The number of rotatable bonds is 4. The van der Waals surface area contributed by atoms with Crippen molar-refractivity contribution in [1.82, 2.24) is 4.98 Å². The normalized spacial score (nSPS) is 13.6. The number of pyridine rings is 1. The van der Waals surface area contributed by atoms with Gasteiger partial charge in [-0.3, -0.25) is 9.78 Å². The number of hydrogen-bond acceptors (Lipinski definition) is 8. The van der Waals surface area contributed by atoms with Crippen LogP contribution in [0.25, 0.3) is 10.8 Å². The topological polar surface area (TPSA) is 93.2 Å². The molecule has 0 unspecified atom stereocenters. The van der Waals surface area contributed by atoms with Crippen LogP contribution in [0.1, 0.15) is 33.3 Å². The Labute approximate surface area is 164 Å². The molecule has 0 fully saturated rings. The van der Waals surface area contributed by atoms with Gasteiger partial charge in [-0.1, -0.05) is 0 Å². The number of nitrogens with zero attached hydrogens (tertiary/aromatic N) is 1. The molecule has 0 saturated heterocycles. The summed E-state index contributed by atoms with van der Waals surface area (Å²) in [6.45, 7) is 2.01. The Bertz CT molecular complexity index is 1170. The van der Waals surface area contributed by atoms with Gasteiger partial charge in [-0.05, 0) is 42.6 Å². The molecule has 3 aromatic rings. The highest BCUT2D eigenvalue weighted by Gasteiger charge is 2.28. The van der Waals surface area contributed by atoms with Crippen molar-refractivity contribution in [2.75, 3.05) is 20.2 Å². The number of hydrogen-bond donors (Lipinski definition) is 0. The summed E-state index contributed by atoms with van der Waals surface area (Å²) in [5.74, 6) is 0.870. The van der Waals surface area contributed by atoms with E-state index in [9.17, 15) is 9.59 Å². The molecule has 2 aliphatic rings. The van der Waals surface area contributed by atoms with Gasteiger partial charge >= 0.3 is 5.97 Å². The number of ether oxygens (including phenoxy) is 5. The fourth-order valence-electron chi connectivity index (χ4n) is 3.38. The van der Waals surface area contributed by atoms with Crippen molar-refractivity contribution in [3.8, 4) is 23.0 Å². The molecule has 0 amide bonds. The lowest BCUT2D eigenvalue weighted by atomic mass is 9.97. The molecule has 0 spiro atoms. The van der Waals surface area contributed by atoms with Gasteiger partial charge in [0.2, 0.25) is 19.4 Å². The second-order valence-corrected chi connectivity index (χ2v) is 6.39. The molecule has 2 aliphatic heterocycles. The second kappa shape index (κ2) is 6.66. The van der Waals surface area contributed by atoms with Crippen molar-refractivity contribution >= 4 is 22.5 Å². The number of carbonyl (C=O) groups excluding carboxylic acids is 2. The van der Waals surface area contributed by atoms with Crippen LogP contribution in [-0.4, -0.2) is 36.9 Å². The van der Waals surface area contributed by atoms with Crippen LogP contribution in [-0.2, 0) is 4.74 Å². The fraction of sp³-hybridized carbons (Fsp3) is 0.190. The Morgan fingerprint density at radius 3 is 2.24 bits per heavy atom. The van der Waals surface area contributed by atoms with Gasteiger partial charge in [0.15, 0.2) is 23.0 Å². The molecule has 5 rings (SSSR count). The van der Waals surface area contributed by atoms with Crippen molar-refractivity contribution in [1.29, 1.82) is 0 Å². The maximum atomic E-state index is 13.5. The Morgan fingerprint density at radius 2 is 1.55 bits per heavy atom. The van der Waals surface area contributed by atoms with Gasteiger partial charge in [-0.15, -0.1) is 0 Å². The molecule has 3 heterocycles. The van der Waals surface area contributed by atoms with E-state index in [4.69, 9.17) is 23.7 Å². The first kappa shape index (κ1) is 17.3. The van der Waals surface area contributed by atoms with E-state index in [0.29, 0.717) is 28.4 Å². The molecule has 8 nitrogen and oxygen atoms in total. The summed E-state index contributed by atoms with van der Waals surface area (Å²) < 4.78 is 26.7. The highest BCUT2D eigenvalue weighted by molar-refractivity contribution is 6.19. The molecule has 0 bridgehead atoms. The highest BCUT2D eigenvalue weighted by Crippen LogP contribution is 2.39. The number of fused-ring (bicyclic) bond motifs is 3. The SMILES string of the molecule is CCOC(=O)c1cc2c(cc1C(=O)c1nccc3cc4c(cc13)OCO4)OCO2. The van der Waals surface area contributed by atoms with E-state index in [1.807, 2.05) is 0 Å². The minimum absolute atomic E-state index is 0.0191. The third-order valence-corrected chi connectivity index (χ3v) is 4.73. The molecule has 0 N–H and O–H groups in total. The standard InChI is InChI=1S/C21H15NO7/c1-2-25-21(24)14-8-18-17(28-10-29-18)7-13(14)20(23)19-12-6-16-15(26-9-27-16)5-11(12)3-4-22-19/h3-8H,2,9-10H2,1H3. The lowest BCUT2D eigenvalue weighted by molar-refractivity contribution is 0.0523. The average molecular weight is 393 g/mol. The van der Waals surface area contributed by atoms with E-state index in [1.54, 1.807) is 25.1 Å². The molecular weight excluding hydrogens is 378 g/mol. The van der Waals surface area contributed by atoms with Crippen LogP contribution in [0.4, 0.5) is 0 Å². The van der Waals surface area contributed by atoms with Crippen molar-refractivity contribution in [2.45, 2.75) is 6.92 Å². The van der Waals surface area contributed by atoms with Crippen LogP contribution >= 0.6 is 0 Å². The first-order valence-electron chi connectivity index (χ1n) is 8.99. The van der Waals surface area contributed by atoms with E-state index in [2.05, 4.69) is 4.98 Å². The van der Waals surface area contributed by atoms with Gasteiger partial charge < -0.3 is 23.7 Å². The molecule has 0 aliphatic carbocycles. The van der Waals surface area contributed by atoms with Crippen LogP contribution in [0.5, 0.6) is 23.0 Å². The van der Waals surface area contributed by atoms with Crippen LogP contribution in [0.3, 0.4) is 0 Å². The molecule has 29 heavy (non-hydrogen) atoms. The Morgan fingerprint density at radius 1 is 0.931 bits per heavy atom. The molecule has 1 aromatic heterocycles. The zero-order valence-corrected chi connectivity index (χ0v) is 15.4. The van der Waals surface area contributed by atoms with Crippen LogP contribution in [0.15, 0.2) is 36.5 Å². The monoisotopic (exact) mass is 393 g/mol. The van der Waals surface area contributed by atoms with Crippen molar-refractivity contribution in [2.24, 2.45) is 0 Å². The van der Waals surface area contributed by atoms with Crippen molar-refractivity contribution in [3.63, 3.8) is 0 Å². The third-order valence-electron chi connectivity index (χ3n) is 4.73.